The van der Waals surface area contributed by atoms with Gasteiger partial charge in [0, 0.05) is 24.1 Å². The molecule has 3 N–H and O–H groups in total. The van der Waals surface area contributed by atoms with Crippen LogP contribution in [-0.4, -0.2) is 30.2 Å². The molecule has 7 heteroatoms. The number of rotatable bonds is 7. The van der Waals surface area contributed by atoms with Gasteiger partial charge in [-0.3, -0.25) is 9.59 Å². The summed E-state index contributed by atoms with van der Waals surface area (Å²) in [5.74, 6) is -0.407. The van der Waals surface area contributed by atoms with E-state index in [1.54, 1.807) is 30.3 Å². The van der Waals surface area contributed by atoms with Gasteiger partial charge in [-0.25, -0.2) is 5.43 Å². The molecular weight excluding hydrogens is 322 g/mol. The van der Waals surface area contributed by atoms with Crippen LogP contribution in [0.2, 0.25) is 0 Å². The number of carbonyl (C=O) groups is 2. The van der Waals surface area contributed by atoms with Crippen LogP contribution in [0.15, 0.2) is 53.6 Å². The van der Waals surface area contributed by atoms with Gasteiger partial charge in [0.25, 0.3) is 0 Å². The maximum absolute atomic E-state index is 11.8. The van der Waals surface area contributed by atoms with E-state index in [9.17, 15) is 14.7 Å². The molecule has 0 atom stereocenters. The molecule has 7 nitrogen and oxygen atoms in total. The van der Waals surface area contributed by atoms with Crippen LogP contribution >= 0.6 is 0 Å². The fraction of sp³-hybridized carbons (Fsp3) is 0.167. The number of anilines is 1. The largest absolute Gasteiger partial charge is 0.504 e. The van der Waals surface area contributed by atoms with Crippen LogP contribution in [0, 0.1) is 0 Å². The van der Waals surface area contributed by atoms with Crippen LogP contribution in [0.4, 0.5) is 5.69 Å². The number of nitrogens with one attached hydrogen (secondary N) is 2. The van der Waals surface area contributed by atoms with E-state index in [4.69, 9.17) is 4.74 Å². The Bertz CT molecular complexity index is 760. The number of aromatic hydroxyl groups is 1. The summed E-state index contributed by atoms with van der Waals surface area (Å²) in [6.07, 6.45) is 1.35. The normalized spacial score (nSPS) is 10.4. The van der Waals surface area contributed by atoms with E-state index in [-0.39, 0.29) is 24.5 Å². The number of ether oxygens (including phenoxy) is 1. The predicted octanol–water partition coefficient (Wildman–Crippen LogP) is 2.27. The summed E-state index contributed by atoms with van der Waals surface area (Å²) >= 11 is 0. The van der Waals surface area contributed by atoms with Crippen molar-refractivity contribution < 1.29 is 19.4 Å². The van der Waals surface area contributed by atoms with E-state index in [2.05, 4.69) is 15.8 Å². The Morgan fingerprint density at radius 1 is 1.08 bits per heavy atom. The Morgan fingerprint density at radius 3 is 2.52 bits per heavy atom. The van der Waals surface area contributed by atoms with Gasteiger partial charge in [0.2, 0.25) is 11.8 Å². The van der Waals surface area contributed by atoms with Gasteiger partial charge in [-0.05, 0) is 24.3 Å². The molecule has 0 aliphatic carbocycles. The summed E-state index contributed by atoms with van der Waals surface area (Å²) in [4.78, 5) is 23.5. The number of amides is 2. The number of phenols is 1. The molecule has 0 heterocycles. The van der Waals surface area contributed by atoms with Gasteiger partial charge in [0.05, 0.1) is 13.3 Å². The topological polar surface area (TPSA) is 100 Å². The van der Waals surface area contributed by atoms with Crippen molar-refractivity contribution in [2.75, 3.05) is 12.4 Å². The van der Waals surface area contributed by atoms with Gasteiger partial charge in [-0.15, -0.1) is 0 Å². The van der Waals surface area contributed by atoms with Crippen molar-refractivity contribution >= 4 is 23.7 Å². The van der Waals surface area contributed by atoms with Gasteiger partial charge in [-0.1, -0.05) is 24.3 Å². The van der Waals surface area contributed by atoms with E-state index in [0.717, 1.165) is 0 Å². The van der Waals surface area contributed by atoms with Crippen molar-refractivity contribution in [3.8, 4) is 11.5 Å². The lowest BCUT2D eigenvalue weighted by molar-refractivity contribution is -0.124. The average Bonchev–Trinajstić information content (AvgIpc) is 2.62. The van der Waals surface area contributed by atoms with E-state index < -0.39 is 5.91 Å². The second-order valence-corrected chi connectivity index (χ2v) is 5.11. The standard InChI is InChI=1S/C18H19N3O4/c1-25-15-9-5-6-13(18(15)24)12-19-21-17(23)11-10-16(22)20-14-7-3-2-4-8-14/h2-9,12,24H,10-11H2,1H3,(H,20,22)(H,21,23)/b19-12-. The molecule has 0 unspecified atom stereocenters. The number of hydrogen-bond acceptors (Lipinski definition) is 5. The molecule has 130 valence electrons. The summed E-state index contributed by atoms with van der Waals surface area (Å²) in [6, 6.07) is 13.9. The molecule has 0 aliphatic heterocycles. The Balaban J connectivity index is 1.78. The zero-order valence-electron chi connectivity index (χ0n) is 13.7. The van der Waals surface area contributed by atoms with Crippen molar-refractivity contribution in [1.29, 1.82) is 0 Å². The number of phenolic OH excluding ortho intramolecular Hbond substituents is 1. The lowest BCUT2D eigenvalue weighted by Crippen LogP contribution is -2.20. The molecule has 0 bridgehead atoms. The highest BCUT2D eigenvalue weighted by Crippen LogP contribution is 2.27. The molecule has 2 aromatic carbocycles. The molecule has 0 saturated carbocycles. The maximum Gasteiger partial charge on any atom is 0.240 e. The number of nitrogens with zero attached hydrogens (tertiary/aromatic N) is 1. The van der Waals surface area contributed by atoms with Crippen LogP contribution in [0.5, 0.6) is 11.5 Å². The third kappa shape index (κ3) is 5.65. The molecule has 2 rings (SSSR count). The maximum atomic E-state index is 11.8. The highest BCUT2D eigenvalue weighted by molar-refractivity contribution is 5.93. The Labute approximate surface area is 145 Å². The quantitative estimate of drug-likeness (QED) is 0.531. The smallest absolute Gasteiger partial charge is 0.240 e. The number of para-hydroxylation sites is 2. The van der Waals surface area contributed by atoms with Crippen molar-refractivity contribution in [2.24, 2.45) is 5.10 Å². The van der Waals surface area contributed by atoms with Gasteiger partial charge >= 0.3 is 0 Å². The minimum absolute atomic E-state index is 0.0000990. The highest BCUT2D eigenvalue weighted by atomic mass is 16.5. The molecule has 0 fully saturated rings. The number of benzene rings is 2. The van der Waals surface area contributed by atoms with Gasteiger partial charge in [0.1, 0.15) is 0 Å². The van der Waals surface area contributed by atoms with E-state index in [1.807, 2.05) is 18.2 Å². The first-order chi connectivity index (χ1) is 12.1. The number of methoxy groups -OCH3 is 1. The summed E-state index contributed by atoms with van der Waals surface area (Å²) < 4.78 is 4.98. The summed E-state index contributed by atoms with van der Waals surface area (Å²) in [6.45, 7) is 0. The van der Waals surface area contributed by atoms with Crippen molar-refractivity contribution in [1.82, 2.24) is 5.43 Å². The van der Waals surface area contributed by atoms with E-state index in [0.29, 0.717) is 17.0 Å². The first kappa shape index (κ1) is 18.0. The van der Waals surface area contributed by atoms with Crippen molar-refractivity contribution in [2.45, 2.75) is 12.8 Å². The molecular formula is C18H19N3O4. The van der Waals surface area contributed by atoms with Crippen LogP contribution in [0.25, 0.3) is 0 Å². The van der Waals surface area contributed by atoms with Crippen molar-refractivity contribution in [3.05, 3.63) is 54.1 Å². The van der Waals surface area contributed by atoms with Crippen molar-refractivity contribution in [3.63, 3.8) is 0 Å². The highest BCUT2D eigenvalue weighted by Gasteiger charge is 2.07. The molecule has 0 radical (unpaired) electrons. The monoisotopic (exact) mass is 341 g/mol. The first-order valence-electron chi connectivity index (χ1n) is 7.63. The molecule has 0 aliphatic rings. The van der Waals surface area contributed by atoms with Crippen LogP contribution in [0.1, 0.15) is 18.4 Å². The fourth-order valence-electron chi connectivity index (χ4n) is 2.01. The first-order valence-corrected chi connectivity index (χ1v) is 7.63. The minimum Gasteiger partial charge on any atom is -0.504 e. The van der Waals surface area contributed by atoms with Crippen LogP contribution in [0.3, 0.4) is 0 Å². The third-order valence-corrected chi connectivity index (χ3v) is 3.28. The molecule has 2 aromatic rings. The van der Waals surface area contributed by atoms with Gasteiger partial charge in [0.15, 0.2) is 11.5 Å². The zero-order chi connectivity index (χ0) is 18.1. The molecule has 0 saturated heterocycles. The summed E-state index contributed by atoms with van der Waals surface area (Å²) in [7, 11) is 1.44. The van der Waals surface area contributed by atoms with E-state index in [1.165, 1.54) is 13.3 Å². The second-order valence-electron chi connectivity index (χ2n) is 5.11. The molecule has 0 spiro atoms. The summed E-state index contributed by atoms with van der Waals surface area (Å²) in [5, 5.41) is 16.4. The summed E-state index contributed by atoms with van der Waals surface area (Å²) in [5.41, 5.74) is 3.40. The van der Waals surface area contributed by atoms with Crippen LogP contribution < -0.4 is 15.5 Å². The SMILES string of the molecule is COc1cccc(/C=N\NC(=O)CCC(=O)Nc2ccccc2)c1O. The molecule has 2 amide bonds. The molecule has 25 heavy (non-hydrogen) atoms. The minimum atomic E-state index is -0.401. The average molecular weight is 341 g/mol. The molecule has 0 aromatic heterocycles. The van der Waals surface area contributed by atoms with E-state index >= 15 is 0 Å². The Kier molecular flexibility index (Phi) is 6.53. The Morgan fingerprint density at radius 2 is 1.80 bits per heavy atom. The van der Waals surface area contributed by atoms with Gasteiger partial charge < -0.3 is 15.2 Å². The zero-order valence-corrected chi connectivity index (χ0v) is 13.7. The van der Waals surface area contributed by atoms with Gasteiger partial charge in [-0.2, -0.15) is 5.10 Å². The second kappa shape index (κ2) is 9.07. The fourth-order valence-corrected chi connectivity index (χ4v) is 2.01. The van der Waals surface area contributed by atoms with Crippen LogP contribution in [-0.2, 0) is 9.59 Å². The lowest BCUT2D eigenvalue weighted by Gasteiger charge is -2.05. The number of carbonyl (C=O) groups excluding carboxylic acids is 2. The number of hydrogen-bond donors (Lipinski definition) is 3. The Hall–Kier alpha value is -3.35. The lowest BCUT2D eigenvalue weighted by atomic mass is 10.2. The number of hydrazone groups is 1. The third-order valence-electron chi connectivity index (χ3n) is 3.28. The predicted molar refractivity (Wildman–Crippen MR) is 94.7 cm³/mol.